The van der Waals surface area contributed by atoms with Crippen molar-refractivity contribution in [3.63, 3.8) is 0 Å². The molecule has 0 aliphatic carbocycles. The monoisotopic (exact) mass is 334 g/mol. The summed E-state index contributed by atoms with van der Waals surface area (Å²) in [7, 11) is 0. The van der Waals surface area contributed by atoms with E-state index in [0.717, 1.165) is 51.6 Å². The first-order chi connectivity index (χ1) is 11.7. The van der Waals surface area contributed by atoms with Crippen LogP contribution in [0.2, 0.25) is 0 Å². The van der Waals surface area contributed by atoms with Gasteiger partial charge in [-0.3, -0.25) is 9.69 Å². The molecule has 1 amide bonds. The Hall–Kier alpha value is -1.40. The molecule has 2 unspecified atom stereocenters. The molecule has 6 heteroatoms. The molecule has 2 aliphatic rings. The van der Waals surface area contributed by atoms with Gasteiger partial charge in [-0.15, -0.1) is 0 Å². The van der Waals surface area contributed by atoms with Crippen molar-refractivity contribution in [2.75, 3.05) is 32.8 Å². The number of nitrogens with zero attached hydrogens (tertiary/aromatic N) is 4. The molecule has 2 atom stereocenters. The van der Waals surface area contributed by atoms with Crippen molar-refractivity contribution in [3.05, 3.63) is 18.2 Å². The maximum absolute atomic E-state index is 12.6. The predicted molar refractivity (Wildman–Crippen MR) is 92.8 cm³/mol. The van der Waals surface area contributed by atoms with Crippen LogP contribution in [-0.2, 0) is 22.5 Å². The molecule has 0 spiro atoms. The molecule has 2 saturated heterocycles. The first-order valence-electron chi connectivity index (χ1n) is 9.34. The molecule has 3 rings (SSSR count). The van der Waals surface area contributed by atoms with Gasteiger partial charge in [0.25, 0.3) is 0 Å². The third-order valence-corrected chi connectivity index (χ3v) is 5.28. The number of aryl methyl sites for hydroxylation is 2. The van der Waals surface area contributed by atoms with Crippen LogP contribution in [0.15, 0.2) is 12.4 Å². The third-order valence-electron chi connectivity index (χ3n) is 5.28. The predicted octanol–water partition coefficient (Wildman–Crippen LogP) is 1.55. The zero-order chi connectivity index (χ0) is 16.9. The van der Waals surface area contributed by atoms with Crippen LogP contribution in [-0.4, -0.2) is 70.2 Å². The van der Waals surface area contributed by atoms with Crippen LogP contribution in [0.5, 0.6) is 0 Å². The first-order valence-corrected chi connectivity index (χ1v) is 9.34. The lowest BCUT2D eigenvalue weighted by molar-refractivity contribution is -0.140. The molecule has 2 aliphatic heterocycles. The minimum Gasteiger partial charge on any atom is -0.378 e. The summed E-state index contributed by atoms with van der Waals surface area (Å²) in [5, 5.41) is 0. The van der Waals surface area contributed by atoms with E-state index in [1.807, 2.05) is 17.3 Å². The van der Waals surface area contributed by atoms with Crippen molar-refractivity contribution in [1.82, 2.24) is 19.4 Å². The number of carbonyl (C=O) groups excluding carboxylic acids is 1. The van der Waals surface area contributed by atoms with E-state index >= 15 is 0 Å². The number of ether oxygens (including phenoxy) is 1. The minimum atomic E-state index is 0.253. The fourth-order valence-corrected chi connectivity index (χ4v) is 3.98. The van der Waals surface area contributed by atoms with E-state index in [4.69, 9.17) is 4.74 Å². The molecular weight excluding hydrogens is 304 g/mol. The second-order valence-corrected chi connectivity index (χ2v) is 6.85. The number of aromatic nitrogens is 2. The lowest BCUT2D eigenvalue weighted by Crippen LogP contribution is -2.62. The van der Waals surface area contributed by atoms with Crippen LogP contribution < -0.4 is 0 Å². The highest BCUT2D eigenvalue weighted by atomic mass is 16.5. The normalized spacial score (nSPS) is 24.8. The summed E-state index contributed by atoms with van der Waals surface area (Å²) >= 11 is 0. The summed E-state index contributed by atoms with van der Waals surface area (Å²) in [6.45, 7) is 9.28. The summed E-state index contributed by atoms with van der Waals surface area (Å²) in [5.41, 5.74) is 0. The van der Waals surface area contributed by atoms with E-state index in [9.17, 15) is 4.79 Å². The van der Waals surface area contributed by atoms with Crippen molar-refractivity contribution in [1.29, 1.82) is 0 Å². The number of fused-ring (bicyclic) bond motifs is 1. The molecule has 3 heterocycles. The molecular formula is C18H30N4O2. The Balaban J connectivity index is 1.52. The number of imidazole rings is 1. The summed E-state index contributed by atoms with van der Waals surface area (Å²) < 4.78 is 7.88. The van der Waals surface area contributed by atoms with E-state index in [2.05, 4.69) is 28.3 Å². The van der Waals surface area contributed by atoms with Crippen LogP contribution in [0, 0.1) is 0 Å². The molecule has 0 radical (unpaired) electrons. The lowest BCUT2D eigenvalue weighted by Gasteiger charge is -2.48. The third kappa shape index (κ3) is 3.81. The average molecular weight is 334 g/mol. The molecule has 2 fully saturated rings. The zero-order valence-corrected chi connectivity index (χ0v) is 15.0. The van der Waals surface area contributed by atoms with Crippen molar-refractivity contribution >= 4 is 5.91 Å². The Bertz CT molecular complexity index is 543. The molecule has 1 aromatic rings. The van der Waals surface area contributed by atoms with Gasteiger partial charge in [0.2, 0.25) is 5.91 Å². The number of morpholine rings is 1. The van der Waals surface area contributed by atoms with Crippen molar-refractivity contribution in [2.45, 2.75) is 58.2 Å². The smallest absolute Gasteiger partial charge is 0.224 e. The summed E-state index contributed by atoms with van der Waals surface area (Å²) in [4.78, 5) is 21.5. The highest BCUT2D eigenvalue weighted by molar-refractivity contribution is 5.76. The number of rotatable bonds is 6. The first kappa shape index (κ1) is 17.4. The Labute approximate surface area is 144 Å². The molecule has 0 N–H and O–H groups in total. The number of hydrogen-bond donors (Lipinski definition) is 0. The van der Waals surface area contributed by atoms with Gasteiger partial charge in [-0.2, -0.15) is 0 Å². The number of piperazine rings is 1. The van der Waals surface area contributed by atoms with Gasteiger partial charge < -0.3 is 14.2 Å². The second kappa shape index (κ2) is 8.12. The molecule has 0 aromatic carbocycles. The van der Waals surface area contributed by atoms with Gasteiger partial charge >= 0.3 is 0 Å². The van der Waals surface area contributed by atoms with Crippen LogP contribution in [0.1, 0.15) is 38.9 Å². The molecule has 0 saturated carbocycles. The number of carbonyl (C=O) groups is 1. The molecule has 24 heavy (non-hydrogen) atoms. The van der Waals surface area contributed by atoms with Crippen molar-refractivity contribution in [3.8, 4) is 0 Å². The quantitative estimate of drug-likeness (QED) is 0.792. The van der Waals surface area contributed by atoms with E-state index < -0.39 is 0 Å². The van der Waals surface area contributed by atoms with Crippen LogP contribution in [0.3, 0.4) is 0 Å². The molecule has 0 bridgehead atoms. The van der Waals surface area contributed by atoms with Gasteiger partial charge in [0.1, 0.15) is 5.82 Å². The van der Waals surface area contributed by atoms with Gasteiger partial charge in [-0.25, -0.2) is 4.98 Å². The van der Waals surface area contributed by atoms with Gasteiger partial charge in [0.15, 0.2) is 0 Å². The van der Waals surface area contributed by atoms with Crippen LogP contribution >= 0.6 is 0 Å². The summed E-state index contributed by atoms with van der Waals surface area (Å²) in [6, 6.07) is 0.900. The number of hydrogen-bond acceptors (Lipinski definition) is 4. The van der Waals surface area contributed by atoms with Crippen molar-refractivity contribution < 1.29 is 9.53 Å². The second-order valence-electron chi connectivity index (χ2n) is 6.85. The fourth-order valence-electron chi connectivity index (χ4n) is 3.98. The topological polar surface area (TPSA) is 50.6 Å². The van der Waals surface area contributed by atoms with Crippen molar-refractivity contribution in [2.24, 2.45) is 0 Å². The Kier molecular flexibility index (Phi) is 5.89. The molecule has 6 nitrogen and oxygen atoms in total. The van der Waals surface area contributed by atoms with E-state index in [1.165, 1.54) is 12.8 Å². The SMILES string of the molecule is CCCC1COCC2CN(C(=O)CCn3ccnc3CC)CCN12. The minimum absolute atomic E-state index is 0.253. The largest absolute Gasteiger partial charge is 0.378 e. The Morgan fingerprint density at radius 2 is 2.21 bits per heavy atom. The van der Waals surface area contributed by atoms with E-state index in [-0.39, 0.29) is 5.91 Å². The van der Waals surface area contributed by atoms with Gasteiger partial charge in [0.05, 0.1) is 19.3 Å². The highest BCUT2D eigenvalue weighted by Crippen LogP contribution is 2.22. The molecule has 134 valence electrons. The number of amides is 1. The van der Waals surface area contributed by atoms with Gasteiger partial charge in [-0.05, 0) is 6.42 Å². The summed E-state index contributed by atoms with van der Waals surface area (Å²) in [6.07, 6.45) is 7.60. The average Bonchev–Trinajstić information content (AvgIpc) is 3.07. The standard InChI is InChI=1S/C18H30N4O2/c1-3-5-15-13-24-14-16-12-21(10-11-22(15)16)18(23)6-8-20-9-7-19-17(20)4-2/h7,9,15-16H,3-6,8,10-14H2,1-2H3. The fraction of sp³-hybridized carbons (Fsp3) is 0.778. The van der Waals surface area contributed by atoms with Crippen LogP contribution in [0.25, 0.3) is 0 Å². The van der Waals surface area contributed by atoms with Gasteiger partial charge in [-0.1, -0.05) is 20.3 Å². The van der Waals surface area contributed by atoms with Crippen LogP contribution in [0.4, 0.5) is 0 Å². The Morgan fingerprint density at radius 3 is 3.00 bits per heavy atom. The maximum atomic E-state index is 12.6. The van der Waals surface area contributed by atoms with Gasteiger partial charge in [0, 0.05) is 57.5 Å². The highest BCUT2D eigenvalue weighted by Gasteiger charge is 2.36. The Morgan fingerprint density at radius 1 is 1.33 bits per heavy atom. The van der Waals surface area contributed by atoms with E-state index in [1.54, 1.807) is 0 Å². The maximum Gasteiger partial charge on any atom is 0.224 e. The lowest BCUT2D eigenvalue weighted by atomic mass is 10.0. The zero-order valence-electron chi connectivity index (χ0n) is 15.0. The van der Waals surface area contributed by atoms with E-state index in [0.29, 0.717) is 18.5 Å². The molecule has 1 aromatic heterocycles. The summed E-state index contributed by atoms with van der Waals surface area (Å²) in [5.74, 6) is 1.30.